The van der Waals surface area contributed by atoms with Crippen LogP contribution in [0.4, 0.5) is 22.0 Å². The van der Waals surface area contributed by atoms with Crippen molar-refractivity contribution in [3.05, 3.63) is 11.4 Å². The number of aliphatic imine (C=N–C) groups is 1. The lowest BCUT2D eigenvalue weighted by Gasteiger charge is -2.06. The highest BCUT2D eigenvalue weighted by Crippen LogP contribution is 2.31. The van der Waals surface area contributed by atoms with Crippen molar-refractivity contribution >= 4 is 6.34 Å². The van der Waals surface area contributed by atoms with Gasteiger partial charge in [-0.1, -0.05) is 0 Å². The Balaban J connectivity index is 2.97. The molecular formula is C5HF5N2. The molecule has 0 bridgehead atoms. The molecule has 0 aromatic carbocycles. The van der Waals surface area contributed by atoms with E-state index in [4.69, 9.17) is 0 Å². The zero-order valence-corrected chi connectivity index (χ0v) is 5.36. The first-order chi connectivity index (χ1) is 5.43. The number of nitrogens with zero attached hydrogens (tertiary/aromatic N) is 2. The highest BCUT2D eigenvalue weighted by molar-refractivity contribution is 5.64. The Morgan fingerprint density at radius 1 is 1.25 bits per heavy atom. The van der Waals surface area contributed by atoms with Gasteiger partial charge >= 0.3 is 6.18 Å². The number of hydrogen-bond acceptors (Lipinski definition) is 1. The molecule has 0 amide bonds. The normalized spacial score (nSPS) is 17.5. The van der Waals surface area contributed by atoms with Crippen molar-refractivity contribution in [2.75, 3.05) is 0 Å². The van der Waals surface area contributed by atoms with E-state index in [9.17, 15) is 22.0 Å². The summed E-state index contributed by atoms with van der Waals surface area (Å²) >= 11 is 0. The maximum Gasteiger partial charge on any atom is 0.435 e. The molecular weight excluding hydrogens is 183 g/mol. The quantitative estimate of drug-likeness (QED) is 0.552. The van der Waals surface area contributed by atoms with Gasteiger partial charge < -0.3 is 0 Å². The number of halogens is 5. The molecule has 0 aromatic rings. The van der Waals surface area contributed by atoms with Gasteiger partial charge in [-0.15, -0.1) is 0 Å². The lowest BCUT2D eigenvalue weighted by atomic mass is 10.3. The molecule has 0 atom stereocenters. The van der Waals surface area contributed by atoms with Gasteiger partial charge in [0.25, 0.3) is 6.43 Å². The second kappa shape index (κ2) is 2.72. The largest absolute Gasteiger partial charge is 0.435 e. The third-order valence-electron chi connectivity index (χ3n) is 1.05. The number of allylic oxidation sites excluding steroid dienone is 2. The van der Waals surface area contributed by atoms with E-state index in [0.29, 0.717) is 0 Å². The summed E-state index contributed by atoms with van der Waals surface area (Å²) < 4.78 is 58.9. The fraction of sp³-hybridized carbons (Fsp3) is 0.400. The Morgan fingerprint density at radius 3 is 2.17 bits per heavy atom. The minimum atomic E-state index is -4.89. The minimum absolute atomic E-state index is 1.37. The number of rotatable bonds is 1. The maximum absolute atomic E-state index is 11.8. The summed E-state index contributed by atoms with van der Waals surface area (Å²) in [5, 5.41) is 2.57. The van der Waals surface area contributed by atoms with Gasteiger partial charge in [0.1, 0.15) is 5.70 Å². The SMILES string of the molecule is FC(F)C1=C(C(F)(F)F)[N][C]=N1. The van der Waals surface area contributed by atoms with Crippen molar-refractivity contribution in [3.63, 3.8) is 0 Å². The summed E-state index contributed by atoms with van der Waals surface area (Å²) in [6, 6.07) is 0. The number of alkyl halides is 5. The van der Waals surface area contributed by atoms with Crippen molar-refractivity contribution in [1.29, 1.82) is 0 Å². The first-order valence-electron chi connectivity index (χ1n) is 2.69. The zero-order chi connectivity index (χ0) is 9.35. The van der Waals surface area contributed by atoms with Crippen LogP contribution in [0.15, 0.2) is 16.4 Å². The molecule has 0 unspecified atom stereocenters. The Morgan fingerprint density at radius 2 is 1.83 bits per heavy atom. The molecule has 1 rings (SSSR count). The van der Waals surface area contributed by atoms with Crippen molar-refractivity contribution in [1.82, 2.24) is 5.32 Å². The minimum Gasteiger partial charge on any atom is -0.222 e. The van der Waals surface area contributed by atoms with E-state index in [0.717, 1.165) is 0 Å². The smallest absolute Gasteiger partial charge is 0.222 e. The molecule has 2 radical (unpaired) electrons. The van der Waals surface area contributed by atoms with Gasteiger partial charge in [0.15, 0.2) is 12.0 Å². The average molecular weight is 184 g/mol. The van der Waals surface area contributed by atoms with E-state index in [-0.39, 0.29) is 0 Å². The average Bonchev–Trinajstić information content (AvgIpc) is 2.30. The van der Waals surface area contributed by atoms with E-state index in [2.05, 4.69) is 10.3 Å². The Kier molecular flexibility index (Phi) is 2.03. The van der Waals surface area contributed by atoms with Crippen LogP contribution in [0.5, 0.6) is 0 Å². The fourth-order valence-electron chi connectivity index (χ4n) is 0.600. The molecule has 0 aromatic heterocycles. The molecule has 0 N–H and O–H groups in total. The van der Waals surface area contributed by atoms with Crippen molar-refractivity contribution < 1.29 is 22.0 Å². The molecule has 12 heavy (non-hydrogen) atoms. The topological polar surface area (TPSA) is 26.5 Å². The van der Waals surface area contributed by atoms with E-state index in [1.165, 1.54) is 6.34 Å². The molecule has 0 spiro atoms. The van der Waals surface area contributed by atoms with E-state index in [1.54, 1.807) is 0 Å². The Bertz CT molecular complexity index is 239. The summed E-state index contributed by atoms with van der Waals surface area (Å²) in [6.45, 7) is 0. The van der Waals surface area contributed by atoms with Crippen LogP contribution in [-0.2, 0) is 0 Å². The van der Waals surface area contributed by atoms with Crippen molar-refractivity contribution in [2.45, 2.75) is 12.6 Å². The van der Waals surface area contributed by atoms with Gasteiger partial charge in [-0.3, -0.25) is 0 Å². The van der Waals surface area contributed by atoms with Gasteiger partial charge in [-0.25, -0.2) is 19.1 Å². The van der Waals surface area contributed by atoms with Crippen LogP contribution in [0.1, 0.15) is 0 Å². The molecule has 66 valence electrons. The lowest BCUT2D eigenvalue weighted by molar-refractivity contribution is -0.0967. The molecule has 2 nitrogen and oxygen atoms in total. The highest BCUT2D eigenvalue weighted by atomic mass is 19.4. The fourth-order valence-corrected chi connectivity index (χ4v) is 0.600. The summed E-state index contributed by atoms with van der Waals surface area (Å²) in [4.78, 5) is 2.68. The summed E-state index contributed by atoms with van der Waals surface area (Å²) in [5.41, 5.74) is -3.04. The molecule has 0 aliphatic carbocycles. The van der Waals surface area contributed by atoms with Crippen LogP contribution in [0, 0.1) is 0 Å². The summed E-state index contributed by atoms with van der Waals surface area (Å²) in [7, 11) is 0. The monoisotopic (exact) mass is 184 g/mol. The molecule has 1 aliphatic heterocycles. The standard InChI is InChI=1S/C5HF5N2/c6-4(7)2-3(5(8,9)10)12-1-11-2/h4H. The second-order valence-corrected chi connectivity index (χ2v) is 1.86. The first-order valence-corrected chi connectivity index (χ1v) is 2.69. The molecule has 0 saturated carbocycles. The molecule has 7 heteroatoms. The predicted octanol–water partition coefficient (Wildman–Crippen LogP) is 1.55. The first kappa shape index (κ1) is 8.95. The van der Waals surface area contributed by atoms with Gasteiger partial charge in [0.05, 0.1) is 0 Å². The van der Waals surface area contributed by atoms with Crippen LogP contribution < -0.4 is 5.32 Å². The molecule has 1 heterocycles. The summed E-state index contributed by atoms with van der Waals surface area (Å²) in [5.74, 6) is 0. The molecule has 1 aliphatic rings. The third-order valence-corrected chi connectivity index (χ3v) is 1.05. The van der Waals surface area contributed by atoms with Crippen molar-refractivity contribution in [3.8, 4) is 0 Å². The van der Waals surface area contributed by atoms with Crippen LogP contribution in [0.2, 0.25) is 0 Å². The van der Waals surface area contributed by atoms with Gasteiger partial charge in [-0.05, 0) is 0 Å². The predicted molar refractivity (Wildman–Crippen MR) is 28.7 cm³/mol. The second-order valence-electron chi connectivity index (χ2n) is 1.86. The van der Waals surface area contributed by atoms with Crippen LogP contribution >= 0.6 is 0 Å². The van der Waals surface area contributed by atoms with Crippen LogP contribution in [0.3, 0.4) is 0 Å². The van der Waals surface area contributed by atoms with Gasteiger partial charge in [0.2, 0.25) is 0 Å². The zero-order valence-electron chi connectivity index (χ0n) is 5.36. The van der Waals surface area contributed by atoms with E-state index < -0.39 is 24.0 Å². The molecule has 0 fully saturated rings. The summed E-state index contributed by atoms with van der Waals surface area (Å²) in [6.07, 6.45) is -6.68. The highest BCUT2D eigenvalue weighted by Gasteiger charge is 2.42. The lowest BCUT2D eigenvalue weighted by Crippen LogP contribution is -2.20. The Labute approximate surface area is 63.8 Å². The Hall–Kier alpha value is -1.14. The van der Waals surface area contributed by atoms with Crippen LogP contribution in [0.25, 0.3) is 0 Å². The van der Waals surface area contributed by atoms with Crippen molar-refractivity contribution in [2.24, 2.45) is 4.99 Å². The van der Waals surface area contributed by atoms with Gasteiger partial charge in [-0.2, -0.15) is 13.2 Å². The third kappa shape index (κ3) is 1.54. The number of hydrogen-bond donors (Lipinski definition) is 0. The van der Waals surface area contributed by atoms with E-state index >= 15 is 0 Å². The van der Waals surface area contributed by atoms with Crippen LogP contribution in [-0.4, -0.2) is 18.9 Å². The molecule has 0 saturated heterocycles. The van der Waals surface area contributed by atoms with Gasteiger partial charge in [0, 0.05) is 0 Å². The maximum atomic E-state index is 11.8. The van der Waals surface area contributed by atoms with E-state index in [1.807, 2.05) is 0 Å².